The van der Waals surface area contributed by atoms with E-state index in [-0.39, 0.29) is 0 Å². The molecule has 0 rings (SSSR count). The second kappa shape index (κ2) is 5.82. The van der Waals surface area contributed by atoms with Crippen molar-refractivity contribution < 1.29 is 66.9 Å². The number of hydrogen-bond acceptors (Lipinski definition) is 2. The van der Waals surface area contributed by atoms with E-state index in [0.29, 0.717) is 0 Å². The Morgan fingerprint density at radius 1 is 0.565 bits per heavy atom. The molecule has 0 atom stereocenters. The van der Waals surface area contributed by atoms with E-state index in [9.17, 15) is 57.1 Å². The van der Waals surface area contributed by atoms with Gasteiger partial charge in [-0.1, -0.05) is 0 Å². The van der Waals surface area contributed by atoms with Crippen LogP contribution in [0.4, 0.5) is 57.1 Å². The fourth-order valence-corrected chi connectivity index (χ4v) is 1.02. The van der Waals surface area contributed by atoms with Gasteiger partial charge in [-0.2, -0.15) is 57.1 Å². The van der Waals surface area contributed by atoms with Crippen molar-refractivity contribution in [3.8, 4) is 0 Å². The van der Waals surface area contributed by atoms with Crippen LogP contribution in [-0.2, 0) is 4.74 Å². The Morgan fingerprint density at radius 3 is 1.22 bits per heavy atom. The normalized spacial score (nSPS) is 15.9. The van der Waals surface area contributed by atoms with E-state index in [1.807, 2.05) is 0 Å². The maximum atomic E-state index is 12.8. The quantitative estimate of drug-likeness (QED) is 0.683. The Balaban J connectivity index is 6.03. The molecule has 0 aliphatic heterocycles. The largest absolute Gasteiger partial charge is 0.460 e. The fourth-order valence-electron chi connectivity index (χ4n) is 1.02. The van der Waals surface area contributed by atoms with E-state index in [4.69, 9.17) is 5.11 Å². The molecule has 1 N–H and O–H groups in total. The number of aliphatic hydroxyl groups excluding tert-OH is 1. The van der Waals surface area contributed by atoms with Gasteiger partial charge in [0, 0.05) is 0 Å². The highest BCUT2D eigenvalue weighted by Gasteiger charge is 2.91. The summed E-state index contributed by atoms with van der Waals surface area (Å²) in [5.41, 5.74) is 0. The Bertz CT molecular complexity index is 413. The van der Waals surface area contributed by atoms with Gasteiger partial charge in [0.2, 0.25) is 0 Å². The zero-order valence-electron chi connectivity index (χ0n) is 10.2. The molecule has 0 aliphatic rings. The third-order valence-corrected chi connectivity index (χ3v) is 2.28. The third kappa shape index (κ3) is 3.16. The highest BCUT2D eigenvalue weighted by Crippen LogP contribution is 2.60. The summed E-state index contributed by atoms with van der Waals surface area (Å²) < 4.78 is 164. The van der Waals surface area contributed by atoms with Crippen molar-refractivity contribution in [1.29, 1.82) is 0 Å². The summed E-state index contributed by atoms with van der Waals surface area (Å²) in [6, 6.07) is 0. The van der Waals surface area contributed by atoms with Crippen molar-refractivity contribution in [3.05, 3.63) is 0 Å². The molecule has 23 heavy (non-hydrogen) atoms. The Morgan fingerprint density at radius 2 is 0.913 bits per heavy atom. The molecule has 0 saturated heterocycles. The Labute approximate surface area is 117 Å². The van der Waals surface area contributed by atoms with E-state index >= 15 is 0 Å². The number of halogens is 13. The van der Waals surface area contributed by atoms with Crippen LogP contribution in [0.25, 0.3) is 0 Å². The summed E-state index contributed by atoms with van der Waals surface area (Å²) >= 11 is 0. The van der Waals surface area contributed by atoms with Crippen LogP contribution in [0.15, 0.2) is 0 Å². The molecule has 15 heteroatoms. The van der Waals surface area contributed by atoms with Crippen LogP contribution in [-0.4, -0.2) is 54.3 Å². The molecule has 0 aromatic carbocycles. The molecule has 2 nitrogen and oxygen atoms in total. The number of hydrogen-bond donors (Lipinski definition) is 1. The van der Waals surface area contributed by atoms with Gasteiger partial charge in [0.25, 0.3) is 0 Å². The van der Waals surface area contributed by atoms with Gasteiger partial charge in [-0.25, -0.2) is 0 Å². The molecule has 0 amide bonds. The van der Waals surface area contributed by atoms with Crippen LogP contribution in [0.3, 0.4) is 0 Å². The lowest BCUT2D eigenvalue weighted by atomic mass is 9.97. The maximum Gasteiger partial charge on any atom is 0.460 e. The van der Waals surface area contributed by atoms with Crippen molar-refractivity contribution in [2.45, 2.75) is 36.0 Å². The molecule has 0 bridgehead atoms. The van der Waals surface area contributed by atoms with Crippen molar-refractivity contribution in [2.24, 2.45) is 0 Å². The molecule has 0 aliphatic carbocycles. The van der Waals surface area contributed by atoms with E-state index in [1.54, 1.807) is 0 Å². The molecule has 0 unspecified atom stereocenters. The molecule has 140 valence electrons. The topological polar surface area (TPSA) is 29.5 Å². The van der Waals surface area contributed by atoms with E-state index < -0.39 is 49.2 Å². The van der Waals surface area contributed by atoms with Gasteiger partial charge >= 0.3 is 36.0 Å². The average molecular weight is 380 g/mol. The van der Waals surface area contributed by atoms with Gasteiger partial charge in [0.15, 0.2) is 0 Å². The predicted molar refractivity (Wildman–Crippen MR) is 43.8 cm³/mol. The van der Waals surface area contributed by atoms with Crippen molar-refractivity contribution in [2.75, 3.05) is 13.2 Å². The molecule has 0 radical (unpaired) electrons. The van der Waals surface area contributed by atoms with Gasteiger partial charge in [-0.15, -0.1) is 0 Å². The molecular formula is C8H5F13O2. The summed E-state index contributed by atoms with van der Waals surface area (Å²) in [6.45, 7) is -3.34. The second-order valence-electron chi connectivity index (χ2n) is 3.88. The molecule has 0 aromatic rings. The third-order valence-electron chi connectivity index (χ3n) is 2.28. The minimum absolute atomic E-state index is 1.51. The molecule has 0 spiro atoms. The van der Waals surface area contributed by atoms with Crippen LogP contribution < -0.4 is 0 Å². The average Bonchev–Trinajstić information content (AvgIpc) is 2.34. The Kier molecular flexibility index (Phi) is 5.57. The van der Waals surface area contributed by atoms with Crippen molar-refractivity contribution in [1.82, 2.24) is 0 Å². The van der Waals surface area contributed by atoms with Gasteiger partial charge in [-0.3, -0.25) is 0 Å². The van der Waals surface area contributed by atoms with E-state index in [0.717, 1.165) is 0 Å². The predicted octanol–water partition coefficient (Wildman–Crippen LogP) is 3.69. The number of aliphatic hydroxyl groups is 1. The molecule has 0 aromatic heterocycles. The van der Waals surface area contributed by atoms with Gasteiger partial charge < -0.3 is 9.84 Å². The van der Waals surface area contributed by atoms with E-state index in [1.165, 1.54) is 0 Å². The SMILES string of the molecule is OCCOC(F)(F)C(F)(F)C(F)(F)C(F)(F)C(F)(F)C(F)(F)F. The molecule has 0 fully saturated rings. The summed E-state index contributed by atoms with van der Waals surface area (Å²) in [7, 11) is 0. The highest BCUT2D eigenvalue weighted by molar-refractivity contribution is 5.08. The first-order valence-corrected chi connectivity index (χ1v) is 5.02. The first-order valence-electron chi connectivity index (χ1n) is 5.02. The molecule has 0 heterocycles. The van der Waals surface area contributed by atoms with Crippen LogP contribution in [0.1, 0.15) is 0 Å². The fraction of sp³-hybridized carbons (Fsp3) is 1.00. The minimum atomic E-state index is -7.95. The van der Waals surface area contributed by atoms with Crippen LogP contribution in [0.5, 0.6) is 0 Å². The highest BCUT2D eigenvalue weighted by atomic mass is 19.4. The summed E-state index contributed by atoms with van der Waals surface area (Å²) in [4.78, 5) is 0. The van der Waals surface area contributed by atoms with Crippen LogP contribution in [0.2, 0.25) is 0 Å². The maximum absolute atomic E-state index is 12.8. The molecule has 0 saturated carbocycles. The lowest BCUT2D eigenvalue weighted by Gasteiger charge is -2.39. The number of ether oxygens (including phenoxy) is 1. The Hall–Kier alpha value is -0.990. The van der Waals surface area contributed by atoms with Crippen molar-refractivity contribution in [3.63, 3.8) is 0 Å². The van der Waals surface area contributed by atoms with Crippen LogP contribution >= 0.6 is 0 Å². The zero-order valence-corrected chi connectivity index (χ0v) is 10.2. The first-order chi connectivity index (χ1) is 9.81. The summed E-state index contributed by atoms with van der Waals surface area (Å²) in [5.74, 6) is -31.1. The minimum Gasteiger partial charge on any atom is -0.394 e. The first kappa shape index (κ1) is 22.0. The zero-order chi connectivity index (χ0) is 19.1. The lowest BCUT2D eigenvalue weighted by Crippen LogP contribution is -2.70. The van der Waals surface area contributed by atoms with Gasteiger partial charge in [0.05, 0.1) is 13.2 Å². The second-order valence-corrected chi connectivity index (χ2v) is 3.88. The lowest BCUT2D eigenvalue weighted by molar-refractivity contribution is -0.466. The standard InChI is InChI=1S/C8H5F13O2/c9-3(10,5(13,14)7(17,18)19)4(11,12)6(15,16)8(20,21)23-2-1-22/h22H,1-2H2. The van der Waals surface area contributed by atoms with E-state index in [2.05, 4.69) is 4.74 Å². The summed E-state index contributed by atoms with van der Waals surface area (Å²) in [6.07, 6.45) is -14.0. The monoisotopic (exact) mass is 380 g/mol. The number of rotatable bonds is 7. The summed E-state index contributed by atoms with van der Waals surface area (Å²) in [5, 5.41) is 7.99. The van der Waals surface area contributed by atoms with Crippen molar-refractivity contribution >= 4 is 0 Å². The van der Waals surface area contributed by atoms with Gasteiger partial charge in [0.1, 0.15) is 0 Å². The molecular weight excluding hydrogens is 375 g/mol. The van der Waals surface area contributed by atoms with Gasteiger partial charge in [-0.05, 0) is 0 Å². The smallest absolute Gasteiger partial charge is 0.394 e. The van der Waals surface area contributed by atoms with Crippen LogP contribution in [0, 0.1) is 0 Å². The number of alkyl halides is 13.